The number of benzene rings is 1. The zero-order chi connectivity index (χ0) is 20.9. The number of aromatic nitrogens is 2. The third kappa shape index (κ3) is 4.62. The molecule has 1 aliphatic carbocycles. The van der Waals surface area contributed by atoms with Gasteiger partial charge >= 0.3 is 0 Å². The maximum atomic E-state index is 12.3. The number of hydrogen-bond acceptors (Lipinski definition) is 6. The molecule has 0 saturated heterocycles. The summed E-state index contributed by atoms with van der Waals surface area (Å²) in [7, 11) is 3.22. The Morgan fingerprint density at radius 3 is 2.63 bits per heavy atom. The van der Waals surface area contributed by atoms with Gasteiger partial charge in [0.15, 0.2) is 11.5 Å². The number of carbonyl (C=O) groups is 1. The molecule has 0 unspecified atom stereocenters. The van der Waals surface area contributed by atoms with Crippen molar-refractivity contribution in [2.24, 2.45) is 5.92 Å². The number of thiophene rings is 1. The summed E-state index contributed by atoms with van der Waals surface area (Å²) in [5.74, 6) is 1.94. The molecule has 1 aromatic carbocycles. The minimum absolute atomic E-state index is 0.0939. The van der Waals surface area contributed by atoms with Gasteiger partial charge in [-0.15, -0.1) is 11.3 Å². The number of nitrogens with zero attached hydrogens (tertiary/aromatic N) is 2. The molecule has 1 amide bonds. The van der Waals surface area contributed by atoms with Crippen LogP contribution in [0.15, 0.2) is 42.0 Å². The number of methoxy groups -OCH3 is 2. The summed E-state index contributed by atoms with van der Waals surface area (Å²) < 4.78 is 10.7. The first-order chi connectivity index (χ1) is 14.7. The first kappa shape index (κ1) is 20.3. The Morgan fingerprint density at radius 2 is 1.87 bits per heavy atom. The second-order valence-electron chi connectivity index (χ2n) is 7.46. The van der Waals surface area contributed by atoms with Crippen molar-refractivity contribution in [3.8, 4) is 33.3 Å². The summed E-state index contributed by atoms with van der Waals surface area (Å²) in [5, 5.41) is 4.98. The molecule has 0 atom stereocenters. The van der Waals surface area contributed by atoms with Crippen LogP contribution in [0.3, 0.4) is 0 Å². The van der Waals surface area contributed by atoms with Crippen molar-refractivity contribution in [2.45, 2.75) is 32.1 Å². The van der Waals surface area contributed by atoms with Crippen LogP contribution in [0.25, 0.3) is 21.8 Å². The monoisotopic (exact) mass is 423 g/mol. The number of amides is 1. The Labute approximate surface area is 180 Å². The van der Waals surface area contributed by atoms with E-state index >= 15 is 0 Å². The van der Waals surface area contributed by atoms with Crippen LogP contribution in [0.5, 0.6) is 11.5 Å². The fraction of sp³-hybridized carbons (Fsp3) is 0.348. The van der Waals surface area contributed by atoms with Crippen molar-refractivity contribution in [1.29, 1.82) is 0 Å². The van der Waals surface area contributed by atoms with E-state index in [0.717, 1.165) is 27.5 Å². The first-order valence-corrected chi connectivity index (χ1v) is 11.0. The van der Waals surface area contributed by atoms with Gasteiger partial charge < -0.3 is 14.8 Å². The van der Waals surface area contributed by atoms with E-state index < -0.39 is 0 Å². The van der Waals surface area contributed by atoms with Gasteiger partial charge in [0.25, 0.3) is 0 Å². The van der Waals surface area contributed by atoms with Gasteiger partial charge in [0.05, 0.1) is 48.6 Å². The summed E-state index contributed by atoms with van der Waals surface area (Å²) >= 11 is 1.54. The SMILES string of the molecule is COc1ccc(-c2cncc(-c3cc(NC(=O)CC4CCCC4)cs3)n2)cc1OC. The van der Waals surface area contributed by atoms with Crippen molar-refractivity contribution in [3.63, 3.8) is 0 Å². The molecular formula is C23H25N3O3S. The molecule has 0 spiro atoms. The predicted molar refractivity (Wildman–Crippen MR) is 119 cm³/mol. The summed E-state index contributed by atoms with van der Waals surface area (Å²) in [5.41, 5.74) is 3.22. The van der Waals surface area contributed by atoms with Gasteiger partial charge in [-0.1, -0.05) is 12.8 Å². The molecule has 7 heteroatoms. The molecule has 0 radical (unpaired) electrons. The van der Waals surface area contributed by atoms with Gasteiger partial charge in [-0.3, -0.25) is 9.78 Å². The largest absolute Gasteiger partial charge is 0.493 e. The van der Waals surface area contributed by atoms with Gasteiger partial charge in [0.1, 0.15) is 0 Å². The molecule has 6 nitrogen and oxygen atoms in total. The van der Waals surface area contributed by atoms with Gasteiger partial charge in [0.2, 0.25) is 5.91 Å². The number of nitrogens with one attached hydrogen (secondary N) is 1. The normalized spacial score (nSPS) is 13.9. The van der Waals surface area contributed by atoms with Crippen LogP contribution >= 0.6 is 11.3 Å². The predicted octanol–water partition coefficient (Wildman–Crippen LogP) is 5.41. The van der Waals surface area contributed by atoms with Crippen molar-refractivity contribution in [1.82, 2.24) is 9.97 Å². The quantitative estimate of drug-likeness (QED) is 0.550. The number of carbonyl (C=O) groups excluding carboxylic acids is 1. The lowest BCUT2D eigenvalue weighted by Gasteiger charge is -2.09. The molecule has 4 rings (SSSR count). The molecule has 1 aliphatic rings. The fourth-order valence-electron chi connectivity index (χ4n) is 3.84. The highest BCUT2D eigenvalue weighted by molar-refractivity contribution is 7.14. The summed E-state index contributed by atoms with van der Waals surface area (Å²) in [6, 6.07) is 7.62. The molecule has 0 aliphatic heterocycles. The molecule has 30 heavy (non-hydrogen) atoms. The van der Waals surface area contributed by atoms with Crippen LogP contribution in [0.2, 0.25) is 0 Å². The van der Waals surface area contributed by atoms with Gasteiger partial charge in [-0.2, -0.15) is 0 Å². The van der Waals surface area contributed by atoms with Crippen molar-refractivity contribution in [3.05, 3.63) is 42.0 Å². The number of ether oxygens (including phenoxy) is 2. The molecule has 0 bridgehead atoms. The van der Waals surface area contributed by atoms with E-state index in [-0.39, 0.29) is 5.91 Å². The summed E-state index contributed by atoms with van der Waals surface area (Å²) in [4.78, 5) is 22.4. The average molecular weight is 424 g/mol. The molecule has 3 aromatic rings. The zero-order valence-corrected chi connectivity index (χ0v) is 18.0. The average Bonchev–Trinajstić information content (AvgIpc) is 3.45. The van der Waals surface area contributed by atoms with Crippen LogP contribution < -0.4 is 14.8 Å². The maximum Gasteiger partial charge on any atom is 0.224 e. The molecule has 2 heterocycles. The van der Waals surface area contributed by atoms with Crippen LogP contribution in [0.4, 0.5) is 5.69 Å². The van der Waals surface area contributed by atoms with Crippen LogP contribution in [-0.4, -0.2) is 30.1 Å². The molecule has 1 saturated carbocycles. The molecule has 1 N–H and O–H groups in total. The Hall–Kier alpha value is -2.93. The van der Waals surface area contributed by atoms with E-state index in [9.17, 15) is 4.79 Å². The minimum Gasteiger partial charge on any atom is -0.493 e. The van der Waals surface area contributed by atoms with Gasteiger partial charge in [-0.25, -0.2) is 4.98 Å². The Balaban J connectivity index is 1.50. The van der Waals surface area contributed by atoms with E-state index in [0.29, 0.717) is 23.8 Å². The lowest BCUT2D eigenvalue weighted by Crippen LogP contribution is -2.14. The fourth-order valence-corrected chi connectivity index (χ4v) is 4.64. The smallest absolute Gasteiger partial charge is 0.224 e. The van der Waals surface area contributed by atoms with E-state index in [1.807, 2.05) is 29.6 Å². The Kier molecular flexibility index (Phi) is 6.28. The summed E-state index contributed by atoms with van der Waals surface area (Å²) in [6.07, 6.45) is 8.90. The topological polar surface area (TPSA) is 73.3 Å². The highest BCUT2D eigenvalue weighted by atomic mass is 32.1. The van der Waals surface area contributed by atoms with E-state index in [2.05, 4.69) is 10.3 Å². The number of rotatable bonds is 7. The second-order valence-corrected chi connectivity index (χ2v) is 8.37. The van der Waals surface area contributed by atoms with Crippen molar-refractivity contribution < 1.29 is 14.3 Å². The van der Waals surface area contributed by atoms with E-state index in [1.54, 1.807) is 38.0 Å². The third-order valence-electron chi connectivity index (χ3n) is 5.40. The molecule has 2 aromatic heterocycles. The van der Waals surface area contributed by atoms with Gasteiger partial charge in [0, 0.05) is 17.4 Å². The Bertz CT molecular complexity index is 1030. The number of hydrogen-bond donors (Lipinski definition) is 1. The van der Waals surface area contributed by atoms with Crippen molar-refractivity contribution in [2.75, 3.05) is 19.5 Å². The molecule has 156 valence electrons. The highest BCUT2D eigenvalue weighted by Gasteiger charge is 2.19. The molecular weight excluding hydrogens is 398 g/mol. The highest BCUT2D eigenvalue weighted by Crippen LogP contribution is 2.34. The second kappa shape index (κ2) is 9.26. The lowest BCUT2D eigenvalue weighted by atomic mass is 10.0. The maximum absolute atomic E-state index is 12.3. The first-order valence-electron chi connectivity index (χ1n) is 10.1. The van der Waals surface area contributed by atoms with Crippen molar-refractivity contribution >= 4 is 22.9 Å². The minimum atomic E-state index is 0.0939. The van der Waals surface area contributed by atoms with E-state index in [4.69, 9.17) is 14.5 Å². The lowest BCUT2D eigenvalue weighted by molar-refractivity contribution is -0.117. The zero-order valence-electron chi connectivity index (χ0n) is 17.2. The third-order valence-corrected chi connectivity index (χ3v) is 6.35. The van der Waals surface area contributed by atoms with Crippen LogP contribution in [0.1, 0.15) is 32.1 Å². The summed E-state index contributed by atoms with van der Waals surface area (Å²) in [6.45, 7) is 0. The molecule has 1 fully saturated rings. The van der Waals surface area contributed by atoms with Crippen LogP contribution in [-0.2, 0) is 4.79 Å². The Morgan fingerprint density at radius 1 is 1.10 bits per heavy atom. The van der Waals surface area contributed by atoms with Crippen LogP contribution in [0, 0.1) is 5.92 Å². The van der Waals surface area contributed by atoms with E-state index in [1.165, 1.54) is 25.7 Å². The number of anilines is 1. The standard InChI is InChI=1S/C23H25N3O3S/c1-28-20-8-7-16(10-21(20)29-2)18-12-24-13-19(26-18)22-11-17(14-30-22)25-23(27)9-15-5-3-4-6-15/h7-8,10-15H,3-6,9H2,1-2H3,(H,25,27). The van der Waals surface area contributed by atoms with Gasteiger partial charge in [-0.05, 0) is 43.0 Å².